The van der Waals surface area contributed by atoms with Crippen LogP contribution in [-0.2, 0) is 13.0 Å². The van der Waals surface area contributed by atoms with Crippen LogP contribution in [0.3, 0.4) is 0 Å². The van der Waals surface area contributed by atoms with Crippen molar-refractivity contribution in [2.75, 3.05) is 19.6 Å². The Morgan fingerprint density at radius 2 is 1.87 bits per heavy atom. The van der Waals surface area contributed by atoms with Gasteiger partial charge in [-0.2, -0.15) is 0 Å². The smallest absolute Gasteiger partial charge is 0.247 e. The molecule has 0 spiro atoms. The summed E-state index contributed by atoms with van der Waals surface area (Å²) in [7, 11) is 0. The number of rotatable bonds is 6. The maximum Gasteiger partial charge on any atom is 0.247 e. The van der Waals surface area contributed by atoms with Gasteiger partial charge in [-0.3, -0.25) is 4.79 Å². The molecule has 6 nitrogen and oxygen atoms in total. The zero-order valence-corrected chi connectivity index (χ0v) is 17.7. The first kappa shape index (κ1) is 19.0. The maximum absolute atomic E-state index is 12.4. The lowest BCUT2D eigenvalue weighted by molar-refractivity contribution is 0.0994. The van der Waals surface area contributed by atoms with Crippen molar-refractivity contribution < 1.29 is 9.21 Å². The number of fused-ring (bicyclic) bond motifs is 5. The third-order valence-electron chi connectivity index (χ3n) is 6.35. The van der Waals surface area contributed by atoms with Gasteiger partial charge < -0.3 is 13.9 Å². The fourth-order valence-electron chi connectivity index (χ4n) is 4.72. The zero-order chi connectivity index (χ0) is 20.8. The zero-order valence-electron chi connectivity index (χ0n) is 17.7. The van der Waals surface area contributed by atoms with Crippen LogP contribution in [0.4, 0.5) is 0 Å². The van der Waals surface area contributed by atoms with E-state index in [-0.39, 0.29) is 5.78 Å². The van der Waals surface area contributed by atoms with E-state index < -0.39 is 0 Å². The molecule has 5 rings (SSSR count). The summed E-state index contributed by atoms with van der Waals surface area (Å²) in [6.45, 7) is 10.2. The minimum Gasteiger partial charge on any atom is -0.421 e. The Balaban J connectivity index is 1.73. The van der Waals surface area contributed by atoms with Crippen LogP contribution in [0.5, 0.6) is 0 Å². The van der Waals surface area contributed by atoms with E-state index in [4.69, 9.17) is 4.42 Å². The molecule has 0 fully saturated rings. The van der Waals surface area contributed by atoms with E-state index in [1.807, 2.05) is 12.1 Å². The van der Waals surface area contributed by atoms with Crippen LogP contribution >= 0.6 is 0 Å². The van der Waals surface area contributed by atoms with E-state index in [9.17, 15) is 4.79 Å². The average molecular weight is 402 g/mol. The van der Waals surface area contributed by atoms with Crippen molar-refractivity contribution in [3.63, 3.8) is 0 Å². The van der Waals surface area contributed by atoms with E-state index in [1.54, 1.807) is 6.92 Å². The highest BCUT2D eigenvalue weighted by Gasteiger charge is 2.25. The van der Waals surface area contributed by atoms with Crippen molar-refractivity contribution in [3.05, 3.63) is 47.3 Å². The molecule has 2 aromatic heterocycles. The highest BCUT2D eigenvalue weighted by molar-refractivity contribution is 6.15. The van der Waals surface area contributed by atoms with Gasteiger partial charge in [0.15, 0.2) is 5.78 Å². The molecular formula is C24H26N4O2. The minimum atomic E-state index is 0.250. The molecule has 6 heteroatoms. The first-order chi connectivity index (χ1) is 14.6. The summed E-state index contributed by atoms with van der Waals surface area (Å²) in [6.07, 6.45) is 1.41. The maximum atomic E-state index is 12.4. The molecule has 30 heavy (non-hydrogen) atoms. The predicted octanol–water partition coefficient (Wildman–Crippen LogP) is 4.62. The Morgan fingerprint density at radius 3 is 2.60 bits per heavy atom. The summed E-state index contributed by atoms with van der Waals surface area (Å²) in [6, 6.07) is 10.5. The molecule has 4 aromatic rings. The molecule has 2 aromatic carbocycles. The third kappa shape index (κ3) is 2.94. The van der Waals surface area contributed by atoms with Gasteiger partial charge in [0.25, 0.3) is 0 Å². The van der Waals surface area contributed by atoms with Crippen LogP contribution in [0.2, 0.25) is 0 Å². The van der Waals surface area contributed by atoms with Gasteiger partial charge >= 0.3 is 0 Å². The molecular weight excluding hydrogens is 376 g/mol. The number of hydrogen-bond donors (Lipinski definition) is 0. The average Bonchev–Trinajstić information content (AvgIpc) is 3.44. The van der Waals surface area contributed by atoms with Crippen LogP contribution in [0.15, 0.2) is 34.7 Å². The lowest BCUT2D eigenvalue weighted by Gasteiger charge is -2.19. The number of Topliss-reactive ketones (excluding diaryl/α,β-unsaturated/α-hetero) is 1. The molecule has 1 aliphatic carbocycles. The molecule has 154 valence electrons. The number of ketones is 1. The van der Waals surface area contributed by atoms with Crippen molar-refractivity contribution in [3.8, 4) is 11.5 Å². The molecule has 1 aliphatic rings. The van der Waals surface area contributed by atoms with Gasteiger partial charge in [-0.15, -0.1) is 10.2 Å². The van der Waals surface area contributed by atoms with Crippen molar-refractivity contribution in [1.29, 1.82) is 0 Å². The van der Waals surface area contributed by atoms with Crippen LogP contribution in [0, 0.1) is 6.92 Å². The van der Waals surface area contributed by atoms with Crippen LogP contribution in [-0.4, -0.2) is 45.1 Å². The lowest BCUT2D eigenvalue weighted by Crippen LogP contribution is -2.26. The Hall–Kier alpha value is -2.99. The first-order valence-electron chi connectivity index (χ1n) is 10.7. The quantitative estimate of drug-likeness (QED) is 0.471. The van der Waals surface area contributed by atoms with Crippen molar-refractivity contribution in [2.24, 2.45) is 0 Å². The van der Waals surface area contributed by atoms with Crippen LogP contribution in [0.25, 0.3) is 33.3 Å². The van der Waals surface area contributed by atoms with Crippen molar-refractivity contribution >= 4 is 27.6 Å². The molecule has 0 unspecified atom stereocenters. The molecule has 0 saturated heterocycles. The molecule has 0 N–H and O–H groups in total. The fourth-order valence-corrected chi connectivity index (χ4v) is 4.72. The number of benzene rings is 2. The molecule has 0 bridgehead atoms. The normalized spacial score (nSPS) is 13.8. The lowest BCUT2D eigenvalue weighted by atomic mass is 10.0. The van der Waals surface area contributed by atoms with Gasteiger partial charge in [0, 0.05) is 59.4 Å². The standard InChI is InChI=1S/C24H26N4O2/c1-4-27(5-2)12-13-28-20-9-6-16(24-26-25-15(3)30-24)14-19(20)23-18-8-11-22(29)17(18)7-10-21(23)28/h6-7,9-10,14H,4-5,8,11-13H2,1-3H3. The third-order valence-corrected chi connectivity index (χ3v) is 6.35. The highest BCUT2D eigenvalue weighted by atomic mass is 16.4. The Kier molecular flexibility index (Phi) is 4.66. The van der Waals surface area contributed by atoms with E-state index in [2.05, 4.69) is 51.7 Å². The summed E-state index contributed by atoms with van der Waals surface area (Å²) < 4.78 is 8.06. The van der Waals surface area contributed by atoms with E-state index in [1.165, 1.54) is 22.0 Å². The van der Waals surface area contributed by atoms with Gasteiger partial charge in [0.1, 0.15) is 0 Å². The summed E-state index contributed by atoms with van der Waals surface area (Å²) in [5.74, 6) is 1.33. The van der Waals surface area contributed by atoms with Gasteiger partial charge in [-0.25, -0.2) is 0 Å². The predicted molar refractivity (Wildman–Crippen MR) is 118 cm³/mol. The SMILES string of the molecule is CCN(CC)CCn1c2ccc(-c3nnc(C)o3)cc2c2c3c(ccc21)C(=O)CC3. The largest absolute Gasteiger partial charge is 0.421 e. The number of carbonyl (C=O) groups is 1. The molecule has 0 atom stereocenters. The fraction of sp³-hybridized carbons (Fsp3) is 0.375. The van der Waals surface area contributed by atoms with E-state index >= 15 is 0 Å². The van der Waals surface area contributed by atoms with Gasteiger partial charge in [0.05, 0.1) is 0 Å². The topological polar surface area (TPSA) is 64.2 Å². The Labute approximate surface area is 175 Å². The summed E-state index contributed by atoms with van der Waals surface area (Å²) in [5, 5.41) is 10.5. The van der Waals surface area contributed by atoms with Gasteiger partial charge in [-0.05, 0) is 55.4 Å². The van der Waals surface area contributed by atoms with Gasteiger partial charge in [0.2, 0.25) is 11.8 Å². The number of carbonyl (C=O) groups excluding carboxylic acids is 1. The summed E-state index contributed by atoms with van der Waals surface area (Å²) in [4.78, 5) is 14.8. The monoisotopic (exact) mass is 402 g/mol. The second-order valence-corrected chi connectivity index (χ2v) is 7.95. The Bertz CT molecular complexity index is 1260. The van der Waals surface area contributed by atoms with Crippen molar-refractivity contribution in [2.45, 2.75) is 40.2 Å². The molecule has 0 amide bonds. The van der Waals surface area contributed by atoms with Crippen molar-refractivity contribution in [1.82, 2.24) is 19.7 Å². The van der Waals surface area contributed by atoms with Crippen LogP contribution in [0.1, 0.15) is 42.1 Å². The molecule has 0 radical (unpaired) electrons. The number of likely N-dealkylation sites (N-methyl/N-ethyl adjacent to an activating group) is 1. The minimum absolute atomic E-state index is 0.250. The highest BCUT2D eigenvalue weighted by Crippen LogP contribution is 2.38. The second-order valence-electron chi connectivity index (χ2n) is 7.95. The number of aryl methyl sites for hydroxylation is 2. The summed E-state index contributed by atoms with van der Waals surface area (Å²) >= 11 is 0. The molecule has 0 saturated carbocycles. The van der Waals surface area contributed by atoms with Gasteiger partial charge in [-0.1, -0.05) is 13.8 Å². The second kappa shape index (κ2) is 7.36. The number of aromatic nitrogens is 3. The molecule has 0 aliphatic heterocycles. The first-order valence-corrected chi connectivity index (χ1v) is 10.7. The van der Waals surface area contributed by atoms with E-state index in [0.717, 1.165) is 49.1 Å². The number of nitrogens with zero attached hydrogens (tertiary/aromatic N) is 4. The molecule has 2 heterocycles. The Morgan fingerprint density at radius 1 is 1.07 bits per heavy atom. The van der Waals surface area contributed by atoms with Crippen LogP contribution < -0.4 is 0 Å². The number of hydrogen-bond acceptors (Lipinski definition) is 5. The summed E-state index contributed by atoms with van der Waals surface area (Å²) in [5.41, 5.74) is 5.36. The van der Waals surface area contributed by atoms with E-state index in [0.29, 0.717) is 18.2 Å².